The molecule has 402 valence electrons. The van der Waals surface area contributed by atoms with Gasteiger partial charge in [-0.2, -0.15) is 11.4 Å². The summed E-state index contributed by atoms with van der Waals surface area (Å²) in [5, 5.41) is 11.9. The first-order valence-electron chi connectivity index (χ1n) is 26.5. The van der Waals surface area contributed by atoms with Crippen LogP contribution in [-0.4, -0.2) is 19.9 Å². The van der Waals surface area contributed by atoms with Crippen LogP contribution in [0.25, 0.3) is 106 Å². The van der Waals surface area contributed by atoms with E-state index in [4.69, 9.17) is 8.83 Å². The van der Waals surface area contributed by atoms with Crippen LogP contribution in [-0.2, 0) is 0 Å². The van der Waals surface area contributed by atoms with E-state index >= 15 is 0 Å². The molecule has 0 saturated carbocycles. The summed E-state index contributed by atoms with van der Waals surface area (Å²) in [6, 6.07) is 42.3. The van der Waals surface area contributed by atoms with Gasteiger partial charge in [0.15, 0.2) is 11.2 Å². The molecule has 0 atom stereocenters. The van der Waals surface area contributed by atoms with Crippen LogP contribution in [0.4, 0.5) is 0 Å². The number of nitrogens with zero attached hydrogens (tertiary/aromatic N) is 6. The maximum absolute atomic E-state index is 5.60. The zero-order chi connectivity index (χ0) is 56.2. The Morgan fingerprint density at radius 2 is 0.732 bits per heavy atom. The summed E-state index contributed by atoms with van der Waals surface area (Å²) < 4.78 is 16.6. The van der Waals surface area contributed by atoms with Gasteiger partial charge in [0.2, 0.25) is 0 Å². The van der Waals surface area contributed by atoms with E-state index < -0.39 is 0 Å². The van der Waals surface area contributed by atoms with E-state index in [0.717, 1.165) is 110 Å². The number of allylic oxidation sites excluding steroid dienone is 6. The van der Waals surface area contributed by atoms with Gasteiger partial charge in [-0.15, -0.1) is 56.4 Å². The topological polar surface area (TPSA) is 106 Å². The SMILES string of the molecule is CC=CC=CC=CC.Cc1cc2ccc3cc(C)[n-]c3c2[n-]1.Cc1cc2ccc3cc(C)oc3c2o1.Cc1cc2ccc3cc(C)sc3c2s1.Cc1ccc2ccc3ccc(C)nc3c2n1.Cc1nc2c(ccc3sc(C)nc32)s1.[Rb+].[Rb+]. The predicted molar refractivity (Wildman–Crippen MR) is 347 cm³/mol. The van der Waals surface area contributed by atoms with Crippen molar-refractivity contribution in [1.82, 2.24) is 29.9 Å². The quantitative estimate of drug-likeness (QED) is 0.124. The molecule has 0 fully saturated rings. The fourth-order valence-electron chi connectivity index (χ4n) is 9.56. The number of rotatable bonds is 2. The molecule has 0 saturated heterocycles. The standard InChI is InChI=1S/C14H12N2.C12H10N2.C12H10O2.C12H10S2.C10H8N2S2.C8H12.2Rb/c1-9-3-5-11-7-8-12-6-4-10(2)16-14(12)13(11)15-9;3*1-7-5-9-3-4-10-6-8(2)14-12(10)11(9)13-7;1-5-11-9-7(13-5)3-4-8-10(9)12-6(2)14-8;1-3-5-7-8-6-4-2;;/h3-8H,1-2H3;3*3-6H,1-2H3;3-4H,1-2H3;3-8H,1-2H3;;/q;-2;;;;;2*+1. The van der Waals surface area contributed by atoms with Crippen LogP contribution in [0.1, 0.15) is 67.9 Å². The van der Waals surface area contributed by atoms with Crippen molar-refractivity contribution in [1.29, 1.82) is 0 Å². The number of hydrogen-bond acceptors (Lipinski definition) is 10. The number of aryl methyl sites for hydroxylation is 10. The zero-order valence-corrected chi connectivity index (χ0v) is 62.2. The first-order valence-corrected chi connectivity index (χ1v) is 29.8. The summed E-state index contributed by atoms with van der Waals surface area (Å²) in [6.45, 7) is 24.4. The number of aromatic nitrogens is 6. The van der Waals surface area contributed by atoms with E-state index in [1.54, 1.807) is 22.7 Å². The second-order valence-electron chi connectivity index (χ2n) is 19.7. The third-order valence-corrected chi connectivity index (χ3v) is 17.2. The number of thiazole rings is 2. The van der Waals surface area contributed by atoms with E-state index in [-0.39, 0.29) is 116 Å². The average molecular weight is 1290 g/mol. The average Bonchev–Trinajstić information content (AvgIpc) is 4.50. The Balaban J connectivity index is 0.000000129. The van der Waals surface area contributed by atoms with Crippen molar-refractivity contribution in [2.75, 3.05) is 0 Å². The second kappa shape index (κ2) is 28.7. The molecule has 0 aliphatic heterocycles. The summed E-state index contributed by atoms with van der Waals surface area (Å²) in [6.07, 6.45) is 12.0. The van der Waals surface area contributed by atoms with Crippen LogP contribution in [0.2, 0.25) is 0 Å². The fourth-order valence-corrected chi connectivity index (χ4v) is 13.4. The van der Waals surface area contributed by atoms with Crippen LogP contribution in [0.15, 0.2) is 167 Å². The Labute approximate surface area is 592 Å². The van der Waals surface area contributed by atoms with Crippen LogP contribution >= 0.6 is 45.3 Å². The van der Waals surface area contributed by atoms with Gasteiger partial charge in [0.05, 0.1) is 39.8 Å². The molecule has 14 heteroatoms. The molecule has 0 N–H and O–H groups in total. The van der Waals surface area contributed by atoms with Gasteiger partial charge in [-0.3, -0.25) is 9.97 Å². The molecule has 15 rings (SSSR count). The van der Waals surface area contributed by atoms with Crippen molar-refractivity contribution in [3.8, 4) is 0 Å². The van der Waals surface area contributed by atoms with Crippen molar-refractivity contribution in [2.45, 2.75) is 83.1 Å². The smallest absolute Gasteiger partial charge is 0.662 e. The Hall–Kier alpha value is -4.39. The number of pyridine rings is 2. The van der Waals surface area contributed by atoms with Crippen LogP contribution in [0, 0.1) is 69.2 Å². The van der Waals surface area contributed by atoms with Gasteiger partial charge in [-0.25, -0.2) is 9.97 Å². The molecule has 5 aromatic carbocycles. The van der Waals surface area contributed by atoms with Crippen molar-refractivity contribution in [2.24, 2.45) is 0 Å². The summed E-state index contributed by atoms with van der Waals surface area (Å²) in [5.41, 5.74) is 12.1. The van der Waals surface area contributed by atoms with Gasteiger partial charge >= 0.3 is 116 Å². The van der Waals surface area contributed by atoms with Crippen molar-refractivity contribution < 1.29 is 125 Å². The van der Waals surface area contributed by atoms with E-state index in [1.807, 2.05) is 153 Å². The second-order valence-corrected chi connectivity index (χ2v) is 24.7. The molecule has 0 aliphatic rings. The Bertz CT molecular complexity index is 4040. The Morgan fingerprint density at radius 3 is 1.13 bits per heavy atom. The molecule has 10 heterocycles. The van der Waals surface area contributed by atoms with Gasteiger partial charge in [0.1, 0.15) is 22.6 Å². The van der Waals surface area contributed by atoms with Crippen molar-refractivity contribution >= 4 is 152 Å². The van der Waals surface area contributed by atoms with E-state index in [1.165, 1.54) is 50.1 Å². The molecule has 15 aromatic rings. The third-order valence-electron chi connectivity index (χ3n) is 13.0. The minimum atomic E-state index is 0. The molecule has 82 heavy (non-hydrogen) atoms. The van der Waals surface area contributed by atoms with Crippen LogP contribution < -0.4 is 126 Å². The van der Waals surface area contributed by atoms with Gasteiger partial charge in [0, 0.05) is 42.7 Å². The van der Waals surface area contributed by atoms with Gasteiger partial charge in [-0.05, 0) is 139 Å². The van der Waals surface area contributed by atoms with Gasteiger partial charge in [-0.1, -0.05) is 123 Å². The number of benzene rings is 5. The zero-order valence-electron chi connectivity index (χ0n) is 49.1. The molecule has 0 unspecified atom stereocenters. The first-order chi connectivity index (χ1) is 38.6. The minimum absolute atomic E-state index is 0. The molecular formula is C68H62N6O2Rb2S4. The van der Waals surface area contributed by atoms with Gasteiger partial charge < -0.3 is 18.8 Å². The van der Waals surface area contributed by atoms with Crippen molar-refractivity contribution in [3.05, 3.63) is 212 Å². The molecule has 0 radical (unpaired) electrons. The molecule has 8 nitrogen and oxygen atoms in total. The minimum Gasteiger partial charge on any atom is -0.662 e. The summed E-state index contributed by atoms with van der Waals surface area (Å²) in [7, 11) is 0. The maximum Gasteiger partial charge on any atom is 1.00 e. The van der Waals surface area contributed by atoms with Crippen LogP contribution in [0.3, 0.4) is 0 Å². The maximum atomic E-state index is 5.60. The predicted octanol–water partition coefficient (Wildman–Crippen LogP) is 14.7. The summed E-state index contributed by atoms with van der Waals surface area (Å²) in [5.74, 6) is 1.84. The third kappa shape index (κ3) is 15.0. The van der Waals surface area contributed by atoms with E-state index in [2.05, 4.69) is 141 Å². The largest absolute Gasteiger partial charge is 1.00 e. The summed E-state index contributed by atoms with van der Waals surface area (Å²) in [4.78, 5) is 30.0. The van der Waals surface area contributed by atoms with E-state index in [0.29, 0.717) is 0 Å². The van der Waals surface area contributed by atoms with Crippen LogP contribution in [0.5, 0.6) is 0 Å². The number of furan rings is 2. The molecule has 0 bridgehead atoms. The fraction of sp³-hybridized carbons (Fsp3) is 0.176. The Kier molecular flexibility index (Phi) is 22.2. The first kappa shape index (κ1) is 63.6. The monoisotopic (exact) mass is 1290 g/mol. The normalized spacial score (nSPS) is 11.3. The van der Waals surface area contributed by atoms with Gasteiger partial charge in [0.25, 0.3) is 0 Å². The number of fused-ring (bicyclic) bond motifs is 15. The molecule has 0 aliphatic carbocycles. The number of thiophene rings is 2. The molecule has 10 aromatic heterocycles. The molecule has 0 amide bonds. The number of hydrogen-bond donors (Lipinski definition) is 0. The summed E-state index contributed by atoms with van der Waals surface area (Å²) >= 11 is 7.27. The molecule has 0 spiro atoms. The van der Waals surface area contributed by atoms with Crippen molar-refractivity contribution in [3.63, 3.8) is 0 Å². The molecular weight excluding hydrogens is 1230 g/mol. The van der Waals surface area contributed by atoms with E-state index in [9.17, 15) is 0 Å². The Morgan fingerprint density at radius 1 is 0.366 bits per heavy atom.